The third-order valence-corrected chi connectivity index (χ3v) is 4.51. The van der Waals surface area contributed by atoms with Crippen molar-refractivity contribution in [2.24, 2.45) is 0 Å². The van der Waals surface area contributed by atoms with Gasteiger partial charge in [0.2, 0.25) is 5.95 Å². The lowest BCUT2D eigenvalue weighted by atomic mass is 10.1. The fourth-order valence-corrected chi connectivity index (χ4v) is 3.02. The number of carbonyl (C=O) groups excluding carboxylic acids is 1. The van der Waals surface area contributed by atoms with E-state index >= 15 is 0 Å². The Morgan fingerprint density at radius 3 is 2.58 bits per heavy atom. The second-order valence-electron chi connectivity index (χ2n) is 6.24. The van der Waals surface area contributed by atoms with Gasteiger partial charge in [-0.25, -0.2) is 9.97 Å². The molecule has 1 aromatic heterocycles. The number of hydrogen-bond donors (Lipinski definition) is 1. The first kappa shape index (κ1) is 18.0. The fraction of sp³-hybridized carbons (Fsp3) is 0.421. The van der Waals surface area contributed by atoms with Crippen molar-refractivity contribution in [2.45, 2.75) is 26.2 Å². The lowest BCUT2D eigenvalue weighted by molar-refractivity contribution is 0.102. The molecule has 0 spiro atoms. The molecule has 1 saturated heterocycles. The van der Waals surface area contributed by atoms with Crippen LogP contribution in [0.5, 0.6) is 11.5 Å². The first-order valence-electron chi connectivity index (χ1n) is 8.74. The number of carbonyl (C=O) groups is 1. The number of aromatic nitrogens is 2. The number of nitrogens with zero attached hydrogens (tertiary/aromatic N) is 3. The van der Waals surface area contributed by atoms with Crippen LogP contribution in [0, 0.1) is 6.92 Å². The Balaban J connectivity index is 1.77. The minimum absolute atomic E-state index is 0.267. The van der Waals surface area contributed by atoms with Gasteiger partial charge in [-0.3, -0.25) is 4.79 Å². The predicted molar refractivity (Wildman–Crippen MR) is 100 cm³/mol. The zero-order valence-electron chi connectivity index (χ0n) is 15.4. The first-order chi connectivity index (χ1) is 12.6. The summed E-state index contributed by atoms with van der Waals surface area (Å²) in [5.41, 5.74) is 1.67. The topological polar surface area (TPSA) is 76.6 Å². The summed E-state index contributed by atoms with van der Waals surface area (Å²) in [6.45, 7) is 3.76. The monoisotopic (exact) mass is 356 g/mol. The van der Waals surface area contributed by atoms with Crippen LogP contribution in [0.1, 0.15) is 35.3 Å². The molecule has 0 bridgehead atoms. The van der Waals surface area contributed by atoms with Crippen molar-refractivity contribution < 1.29 is 14.3 Å². The number of methoxy groups -OCH3 is 2. The minimum atomic E-state index is -0.267. The van der Waals surface area contributed by atoms with Crippen LogP contribution in [0.3, 0.4) is 0 Å². The van der Waals surface area contributed by atoms with Crippen LogP contribution in [0.2, 0.25) is 0 Å². The number of piperidine rings is 1. The highest BCUT2D eigenvalue weighted by Crippen LogP contribution is 2.29. The second kappa shape index (κ2) is 8.03. The van der Waals surface area contributed by atoms with E-state index in [1.165, 1.54) is 6.42 Å². The summed E-state index contributed by atoms with van der Waals surface area (Å²) in [5.74, 6) is 1.61. The van der Waals surface area contributed by atoms with E-state index in [0.29, 0.717) is 34.4 Å². The molecule has 0 unspecified atom stereocenters. The van der Waals surface area contributed by atoms with Gasteiger partial charge in [0.15, 0.2) is 0 Å². The number of nitrogens with one attached hydrogen (secondary N) is 1. The average molecular weight is 356 g/mol. The van der Waals surface area contributed by atoms with Crippen molar-refractivity contribution in [3.63, 3.8) is 0 Å². The summed E-state index contributed by atoms with van der Waals surface area (Å²) in [7, 11) is 3.13. The first-order valence-corrected chi connectivity index (χ1v) is 8.74. The van der Waals surface area contributed by atoms with Crippen molar-refractivity contribution in [1.29, 1.82) is 0 Å². The molecule has 0 atom stereocenters. The van der Waals surface area contributed by atoms with Crippen LogP contribution in [-0.2, 0) is 0 Å². The number of rotatable bonds is 5. The van der Waals surface area contributed by atoms with E-state index in [1.807, 2.05) is 6.92 Å². The van der Waals surface area contributed by atoms with Crippen molar-refractivity contribution in [2.75, 3.05) is 37.5 Å². The number of anilines is 2. The average Bonchev–Trinajstić information content (AvgIpc) is 2.68. The summed E-state index contributed by atoms with van der Waals surface area (Å²) < 4.78 is 10.5. The summed E-state index contributed by atoms with van der Waals surface area (Å²) in [5, 5.41) is 2.86. The van der Waals surface area contributed by atoms with E-state index in [-0.39, 0.29) is 5.91 Å². The molecule has 26 heavy (non-hydrogen) atoms. The zero-order valence-corrected chi connectivity index (χ0v) is 15.4. The molecule has 1 fully saturated rings. The SMILES string of the molecule is COc1ccc(NC(=O)c2cnc(N3CCCCC3)nc2C)c(OC)c1. The Labute approximate surface area is 153 Å². The standard InChI is InChI=1S/C19H24N4O3/c1-13-15(12-20-19(21-13)23-9-5-4-6-10-23)18(24)22-16-8-7-14(25-2)11-17(16)26-3/h7-8,11-12H,4-6,9-10H2,1-3H3,(H,22,24). The molecule has 0 aliphatic carbocycles. The van der Waals surface area contributed by atoms with E-state index in [9.17, 15) is 4.79 Å². The maximum atomic E-state index is 12.7. The summed E-state index contributed by atoms with van der Waals surface area (Å²) in [4.78, 5) is 23.8. The third kappa shape index (κ3) is 3.87. The quantitative estimate of drug-likeness (QED) is 0.887. The highest BCUT2D eigenvalue weighted by molar-refractivity contribution is 6.05. The molecule has 7 nitrogen and oxygen atoms in total. The Kier molecular flexibility index (Phi) is 5.55. The van der Waals surface area contributed by atoms with Gasteiger partial charge in [-0.2, -0.15) is 0 Å². The normalized spacial score (nSPS) is 14.0. The smallest absolute Gasteiger partial charge is 0.259 e. The van der Waals surface area contributed by atoms with Crippen molar-refractivity contribution >= 4 is 17.5 Å². The molecule has 1 aliphatic heterocycles. The number of ether oxygens (including phenoxy) is 2. The molecular formula is C19H24N4O3. The lowest BCUT2D eigenvalue weighted by Gasteiger charge is -2.26. The minimum Gasteiger partial charge on any atom is -0.497 e. The van der Waals surface area contributed by atoms with Crippen LogP contribution >= 0.6 is 0 Å². The second-order valence-corrected chi connectivity index (χ2v) is 6.24. The van der Waals surface area contributed by atoms with Crippen molar-refractivity contribution in [1.82, 2.24) is 9.97 Å². The van der Waals surface area contributed by atoms with Gasteiger partial charge in [-0.05, 0) is 38.3 Å². The van der Waals surface area contributed by atoms with Gasteiger partial charge in [0, 0.05) is 25.4 Å². The Morgan fingerprint density at radius 2 is 1.92 bits per heavy atom. The molecule has 138 valence electrons. The maximum absolute atomic E-state index is 12.7. The molecule has 1 N–H and O–H groups in total. The number of hydrogen-bond acceptors (Lipinski definition) is 6. The lowest BCUT2D eigenvalue weighted by Crippen LogP contribution is -2.31. The molecule has 1 amide bonds. The summed E-state index contributed by atoms with van der Waals surface area (Å²) >= 11 is 0. The number of benzene rings is 1. The highest BCUT2D eigenvalue weighted by Gasteiger charge is 2.18. The van der Waals surface area contributed by atoms with Gasteiger partial charge in [-0.1, -0.05) is 0 Å². The summed E-state index contributed by atoms with van der Waals surface area (Å²) in [6.07, 6.45) is 5.15. The van der Waals surface area contributed by atoms with Crippen LogP contribution < -0.4 is 19.7 Å². The van der Waals surface area contributed by atoms with E-state index in [4.69, 9.17) is 9.47 Å². The molecule has 2 aromatic rings. The highest BCUT2D eigenvalue weighted by atomic mass is 16.5. The van der Waals surface area contributed by atoms with Crippen LogP contribution in [0.15, 0.2) is 24.4 Å². The predicted octanol–water partition coefficient (Wildman–Crippen LogP) is 3.04. The Morgan fingerprint density at radius 1 is 1.15 bits per heavy atom. The molecule has 1 aliphatic rings. The van der Waals surface area contributed by atoms with Crippen LogP contribution in [-0.4, -0.2) is 43.2 Å². The summed E-state index contributed by atoms with van der Waals surface area (Å²) in [6, 6.07) is 5.23. The maximum Gasteiger partial charge on any atom is 0.259 e. The van der Waals surface area contributed by atoms with Crippen molar-refractivity contribution in [3.8, 4) is 11.5 Å². The van der Waals surface area contributed by atoms with E-state index in [1.54, 1.807) is 38.6 Å². The molecule has 3 rings (SSSR count). The van der Waals surface area contributed by atoms with Gasteiger partial charge >= 0.3 is 0 Å². The third-order valence-electron chi connectivity index (χ3n) is 4.51. The molecule has 2 heterocycles. The van der Waals surface area contributed by atoms with Crippen LogP contribution in [0.4, 0.5) is 11.6 Å². The molecule has 0 saturated carbocycles. The molecule has 0 radical (unpaired) electrons. The van der Waals surface area contributed by atoms with Gasteiger partial charge < -0.3 is 19.7 Å². The van der Waals surface area contributed by atoms with E-state index < -0.39 is 0 Å². The van der Waals surface area contributed by atoms with Gasteiger partial charge in [0.1, 0.15) is 11.5 Å². The molecule has 7 heteroatoms. The zero-order chi connectivity index (χ0) is 18.5. The molecular weight excluding hydrogens is 332 g/mol. The van der Waals surface area contributed by atoms with E-state index in [2.05, 4.69) is 20.2 Å². The van der Waals surface area contributed by atoms with Gasteiger partial charge in [-0.15, -0.1) is 0 Å². The Bertz CT molecular complexity index is 788. The Hall–Kier alpha value is -2.83. The largest absolute Gasteiger partial charge is 0.497 e. The fourth-order valence-electron chi connectivity index (χ4n) is 3.02. The number of amides is 1. The van der Waals surface area contributed by atoms with Crippen molar-refractivity contribution in [3.05, 3.63) is 35.7 Å². The van der Waals surface area contributed by atoms with Gasteiger partial charge in [0.05, 0.1) is 31.2 Å². The van der Waals surface area contributed by atoms with E-state index in [0.717, 1.165) is 25.9 Å². The number of aryl methyl sites for hydroxylation is 1. The van der Waals surface area contributed by atoms with Gasteiger partial charge in [0.25, 0.3) is 5.91 Å². The van der Waals surface area contributed by atoms with Crippen LogP contribution in [0.25, 0.3) is 0 Å². The molecule has 1 aromatic carbocycles.